The molecule has 0 aliphatic heterocycles. The van der Waals surface area contributed by atoms with Crippen molar-refractivity contribution in [3.05, 3.63) is 24.8 Å². The fourth-order valence-electron chi connectivity index (χ4n) is 0.700. The minimum atomic E-state index is 0.219. The number of rotatable bonds is 4. The Morgan fingerprint density at radius 2 is 2.33 bits per heavy atom. The van der Waals surface area contributed by atoms with Gasteiger partial charge in [-0.05, 0) is 13.3 Å². The van der Waals surface area contributed by atoms with E-state index in [1.807, 2.05) is 25.2 Å². The molecule has 0 aromatic rings. The third-order valence-electron chi connectivity index (χ3n) is 1.17. The smallest absolute Gasteiger partial charge is 0.0496 e. The van der Waals surface area contributed by atoms with Crippen molar-refractivity contribution < 1.29 is 5.11 Å². The molecule has 1 nitrogen and oxygen atoms in total. The Morgan fingerprint density at radius 1 is 1.67 bits per heavy atom. The molecule has 0 aromatic heterocycles. The molecule has 0 rings (SSSR count). The van der Waals surface area contributed by atoms with Crippen LogP contribution in [0.4, 0.5) is 0 Å². The largest absolute Gasteiger partial charge is 0.396 e. The van der Waals surface area contributed by atoms with Crippen LogP contribution in [0.25, 0.3) is 0 Å². The molecule has 0 saturated carbocycles. The predicted molar refractivity (Wildman–Crippen MR) is 40.2 cm³/mol. The Morgan fingerprint density at radius 3 is 2.67 bits per heavy atom. The molecule has 0 aromatic carbocycles. The minimum Gasteiger partial charge on any atom is -0.396 e. The molecule has 9 heavy (non-hydrogen) atoms. The zero-order valence-corrected chi connectivity index (χ0v) is 5.88. The molecule has 0 fully saturated rings. The lowest BCUT2D eigenvalue weighted by atomic mass is 10.1. The van der Waals surface area contributed by atoms with Crippen LogP contribution in [-0.2, 0) is 0 Å². The molecule has 1 N–H and O–H groups in total. The summed E-state index contributed by atoms with van der Waals surface area (Å²) < 4.78 is 0. The van der Waals surface area contributed by atoms with Crippen molar-refractivity contribution in [3.63, 3.8) is 0 Å². The lowest BCUT2D eigenvalue weighted by Crippen LogP contribution is -1.99. The van der Waals surface area contributed by atoms with Crippen LogP contribution in [0.15, 0.2) is 24.8 Å². The molecule has 0 aliphatic rings. The van der Waals surface area contributed by atoms with Gasteiger partial charge in [0.1, 0.15) is 0 Å². The SMILES string of the molecule is C=CCC(/C=C/C)CO. The molecule has 1 heteroatoms. The van der Waals surface area contributed by atoms with E-state index < -0.39 is 0 Å². The normalized spacial score (nSPS) is 14.0. The Hall–Kier alpha value is -0.560. The van der Waals surface area contributed by atoms with Gasteiger partial charge < -0.3 is 5.11 Å². The van der Waals surface area contributed by atoms with Gasteiger partial charge in [0.15, 0.2) is 0 Å². The van der Waals surface area contributed by atoms with Gasteiger partial charge in [-0.25, -0.2) is 0 Å². The van der Waals surface area contributed by atoms with Crippen molar-refractivity contribution in [2.45, 2.75) is 13.3 Å². The third kappa shape index (κ3) is 3.98. The fraction of sp³-hybridized carbons (Fsp3) is 0.500. The fourth-order valence-corrected chi connectivity index (χ4v) is 0.700. The topological polar surface area (TPSA) is 20.2 Å². The van der Waals surface area contributed by atoms with Crippen LogP contribution >= 0.6 is 0 Å². The first kappa shape index (κ1) is 8.44. The van der Waals surface area contributed by atoms with Gasteiger partial charge in [0.25, 0.3) is 0 Å². The maximum Gasteiger partial charge on any atom is 0.0496 e. The van der Waals surface area contributed by atoms with Gasteiger partial charge in [0, 0.05) is 12.5 Å². The molecule has 0 aliphatic carbocycles. The second kappa shape index (κ2) is 5.57. The van der Waals surface area contributed by atoms with Crippen molar-refractivity contribution in [1.29, 1.82) is 0 Å². The summed E-state index contributed by atoms with van der Waals surface area (Å²) in [5.74, 6) is 0.271. The summed E-state index contributed by atoms with van der Waals surface area (Å²) in [6.45, 7) is 5.75. The van der Waals surface area contributed by atoms with Crippen molar-refractivity contribution in [2.24, 2.45) is 5.92 Å². The van der Waals surface area contributed by atoms with E-state index in [0.29, 0.717) is 0 Å². The molecular formula is C8H14O. The lowest BCUT2D eigenvalue weighted by molar-refractivity contribution is 0.253. The number of hydrogen-bond acceptors (Lipinski definition) is 1. The summed E-state index contributed by atoms with van der Waals surface area (Å²) in [6.07, 6.45) is 6.62. The average molecular weight is 126 g/mol. The van der Waals surface area contributed by atoms with Gasteiger partial charge in [0.2, 0.25) is 0 Å². The number of aliphatic hydroxyl groups excluding tert-OH is 1. The molecule has 1 atom stereocenters. The summed E-state index contributed by atoms with van der Waals surface area (Å²) in [7, 11) is 0. The number of aliphatic hydroxyl groups is 1. The maximum absolute atomic E-state index is 8.69. The van der Waals surface area contributed by atoms with Gasteiger partial charge in [-0.15, -0.1) is 6.58 Å². The Bertz CT molecular complexity index is 94.7. The maximum atomic E-state index is 8.69. The number of allylic oxidation sites excluding steroid dienone is 2. The zero-order valence-electron chi connectivity index (χ0n) is 5.88. The molecular weight excluding hydrogens is 112 g/mol. The monoisotopic (exact) mass is 126 g/mol. The Labute approximate surface area is 56.7 Å². The molecule has 0 amide bonds. The van der Waals surface area contributed by atoms with Gasteiger partial charge in [-0.1, -0.05) is 18.2 Å². The summed E-state index contributed by atoms with van der Waals surface area (Å²) in [5, 5.41) is 8.69. The zero-order chi connectivity index (χ0) is 7.11. The van der Waals surface area contributed by atoms with Crippen LogP contribution in [0.2, 0.25) is 0 Å². The Kier molecular flexibility index (Phi) is 5.23. The molecule has 0 heterocycles. The van der Waals surface area contributed by atoms with Crippen molar-refractivity contribution >= 4 is 0 Å². The summed E-state index contributed by atoms with van der Waals surface area (Å²) in [6, 6.07) is 0. The summed E-state index contributed by atoms with van der Waals surface area (Å²) in [5.41, 5.74) is 0. The van der Waals surface area contributed by atoms with E-state index in [0.717, 1.165) is 6.42 Å². The molecule has 0 bridgehead atoms. The second-order valence-electron chi connectivity index (χ2n) is 1.99. The summed E-state index contributed by atoms with van der Waals surface area (Å²) >= 11 is 0. The average Bonchev–Trinajstić information content (AvgIpc) is 1.88. The third-order valence-corrected chi connectivity index (χ3v) is 1.17. The van der Waals surface area contributed by atoms with Crippen LogP contribution in [-0.4, -0.2) is 11.7 Å². The predicted octanol–water partition coefficient (Wildman–Crippen LogP) is 1.75. The van der Waals surface area contributed by atoms with Crippen LogP contribution < -0.4 is 0 Å². The molecule has 0 spiro atoms. The highest BCUT2D eigenvalue weighted by molar-refractivity contribution is 4.88. The van der Waals surface area contributed by atoms with E-state index >= 15 is 0 Å². The van der Waals surface area contributed by atoms with Crippen LogP contribution in [0.5, 0.6) is 0 Å². The van der Waals surface area contributed by atoms with Gasteiger partial charge in [-0.3, -0.25) is 0 Å². The van der Waals surface area contributed by atoms with Crippen molar-refractivity contribution in [2.75, 3.05) is 6.61 Å². The lowest BCUT2D eigenvalue weighted by Gasteiger charge is -2.02. The number of hydrogen-bond donors (Lipinski definition) is 1. The highest BCUT2D eigenvalue weighted by Crippen LogP contribution is 2.03. The minimum absolute atomic E-state index is 0.219. The highest BCUT2D eigenvalue weighted by Gasteiger charge is 1.96. The van der Waals surface area contributed by atoms with Gasteiger partial charge in [0.05, 0.1) is 0 Å². The van der Waals surface area contributed by atoms with E-state index in [4.69, 9.17) is 5.11 Å². The molecule has 1 unspecified atom stereocenters. The molecule has 0 radical (unpaired) electrons. The van der Waals surface area contributed by atoms with Gasteiger partial charge in [-0.2, -0.15) is 0 Å². The molecule has 52 valence electrons. The van der Waals surface area contributed by atoms with E-state index in [1.165, 1.54) is 0 Å². The Balaban J connectivity index is 3.53. The van der Waals surface area contributed by atoms with Crippen LogP contribution in [0.1, 0.15) is 13.3 Å². The first-order chi connectivity index (χ1) is 4.35. The van der Waals surface area contributed by atoms with E-state index in [2.05, 4.69) is 6.58 Å². The van der Waals surface area contributed by atoms with E-state index in [9.17, 15) is 0 Å². The second-order valence-corrected chi connectivity index (χ2v) is 1.99. The first-order valence-electron chi connectivity index (χ1n) is 3.19. The highest BCUT2D eigenvalue weighted by atomic mass is 16.3. The standard InChI is InChI=1S/C8H14O/c1-3-5-8(7-9)6-4-2/h3-4,6,8-9H,1,5,7H2,2H3/b6-4+. The van der Waals surface area contributed by atoms with E-state index in [1.54, 1.807) is 0 Å². The summed E-state index contributed by atoms with van der Waals surface area (Å²) in [4.78, 5) is 0. The van der Waals surface area contributed by atoms with Crippen molar-refractivity contribution in [1.82, 2.24) is 0 Å². The van der Waals surface area contributed by atoms with Crippen molar-refractivity contribution in [3.8, 4) is 0 Å². The quantitative estimate of drug-likeness (QED) is 0.569. The van der Waals surface area contributed by atoms with Gasteiger partial charge >= 0.3 is 0 Å². The van der Waals surface area contributed by atoms with E-state index in [-0.39, 0.29) is 12.5 Å². The molecule has 0 saturated heterocycles. The van der Waals surface area contributed by atoms with Crippen LogP contribution in [0.3, 0.4) is 0 Å². The first-order valence-corrected chi connectivity index (χ1v) is 3.19. The van der Waals surface area contributed by atoms with Crippen LogP contribution in [0, 0.1) is 5.92 Å².